The number of hydrogen-bond donors (Lipinski definition) is 1. The second kappa shape index (κ2) is 4.06. The molecule has 12 heavy (non-hydrogen) atoms. The first-order valence-electron chi connectivity index (χ1n) is 4.65. The molecule has 0 aliphatic heterocycles. The van der Waals surface area contributed by atoms with E-state index in [1.807, 2.05) is 0 Å². The SMILES string of the molecule is C=CC(O)OC1(C)CCCCC1. The minimum atomic E-state index is -0.798. The highest BCUT2D eigenvalue weighted by molar-refractivity contribution is 4.82. The third-order valence-corrected chi connectivity index (χ3v) is 2.52. The standard InChI is InChI=1S/C10H18O2/c1-3-9(11)12-10(2)7-5-4-6-8-10/h3,9,11H,1,4-8H2,2H3. The van der Waals surface area contributed by atoms with Crippen LogP contribution in [-0.4, -0.2) is 17.0 Å². The second-order valence-corrected chi connectivity index (χ2v) is 3.75. The zero-order valence-electron chi connectivity index (χ0n) is 7.75. The Hall–Kier alpha value is -0.340. The third kappa shape index (κ3) is 2.61. The van der Waals surface area contributed by atoms with Gasteiger partial charge in [0.05, 0.1) is 5.60 Å². The Bertz CT molecular complexity index is 148. The molecule has 0 saturated heterocycles. The van der Waals surface area contributed by atoms with Crippen molar-refractivity contribution < 1.29 is 9.84 Å². The summed E-state index contributed by atoms with van der Waals surface area (Å²) in [6.45, 7) is 5.55. The van der Waals surface area contributed by atoms with Gasteiger partial charge in [0.15, 0.2) is 6.29 Å². The van der Waals surface area contributed by atoms with Crippen LogP contribution in [0.1, 0.15) is 39.0 Å². The van der Waals surface area contributed by atoms with Gasteiger partial charge >= 0.3 is 0 Å². The molecule has 70 valence electrons. The minimum Gasteiger partial charge on any atom is -0.365 e. The molecular formula is C10H18O2. The number of aliphatic hydroxyl groups excluding tert-OH is 1. The Kier molecular flexibility index (Phi) is 3.29. The fraction of sp³-hybridized carbons (Fsp3) is 0.800. The summed E-state index contributed by atoms with van der Waals surface area (Å²) in [7, 11) is 0. The smallest absolute Gasteiger partial charge is 0.174 e. The zero-order chi connectivity index (χ0) is 9.03. The molecular weight excluding hydrogens is 152 g/mol. The van der Waals surface area contributed by atoms with Crippen molar-refractivity contribution in [3.63, 3.8) is 0 Å². The van der Waals surface area contributed by atoms with E-state index in [1.165, 1.54) is 25.3 Å². The number of hydrogen-bond acceptors (Lipinski definition) is 2. The Morgan fingerprint density at radius 3 is 2.50 bits per heavy atom. The van der Waals surface area contributed by atoms with E-state index in [0.29, 0.717) is 0 Å². The van der Waals surface area contributed by atoms with Crippen molar-refractivity contribution in [1.29, 1.82) is 0 Å². The van der Waals surface area contributed by atoms with E-state index in [0.717, 1.165) is 12.8 Å². The molecule has 1 atom stereocenters. The fourth-order valence-corrected chi connectivity index (χ4v) is 1.76. The predicted molar refractivity (Wildman–Crippen MR) is 48.8 cm³/mol. The van der Waals surface area contributed by atoms with Gasteiger partial charge in [0.25, 0.3) is 0 Å². The highest BCUT2D eigenvalue weighted by Gasteiger charge is 2.29. The Morgan fingerprint density at radius 1 is 1.42 bits per heavy atom. The lowest BCUT2D eigenvalue weighted by atomic mass is 9.86. The van der Waals surface area contributed by atoms with Gasteiger partial charge in [-0.3, -0.25) is 0 Å². The average Bonchev–Trinajstić information content (AvgIpc) is 2.05. The molecule has 1 fully saturated rings. The van der Waals surface area contributed by atoms with Crippen LogP contribution < -0.4 is 0 Å². The van der Waals surface area contributed by atoms with Crippen molar-refractivity contribution in [1.82, 2.24) is 0 Å². The normalized spacial score (nSPS) is 24.8. The maximum Gasteiger partial charge on any atom is 0.174 e. The molecule has 1 unspecified atom stereocenters. The van der Waals surface area contributed by atoms with Crippen molar-refractivity contribution in [3.8, 4) is 0 Å². The van der Waals surface area contributed by atoms with E-state index in [1.54, 1.807) is 0 Å². The lowest BCUT2D eigenvalue weighted by Gasteiger charge is -2.34. The van der Waals surface area contributed by atoms with Gasteiger partial charge < -0.3 is 9.84 Å². The zero-order valence-corrected chi connectivity index (χ0v) is 7.75. The Morgan fingerprint density at radius 2 is 2.00 bits per heavy atom. The van der Waals surface area contributed by atoms with E-state index >= 15 is 0 Å². The van der Waals surface area contributed by atoms with Gasteiger partial charge in [-0.05, 0) is 25.8 Å². The molecule has 0 heterocycles. The van der Waals surface area contributed by atoms with Crippen molar-refractivity contribution >= 4 is 0 Å². The summed E-state index contributed by atoms with van der Waals surface area (Å²) in [5.41, 5.74) is -0.119. The van der Waals surface area contributed by atoms with Gasteiger partial charge in [0.2, 0.25) is 0 Å². The Balaban J connectivity index is 2.40. The van der Waals surface area contributed by atoms with Crippen LogP contribution in [0, 0.1) is 0 Å². The first kappa shape index (κ1) is 9.75. The topological polar surface area (TPSA) is 29.5 Å². The molecule has 0 radical (unpaired) electrons. The molecule has 2 nitrogen and oxygen atoms in total. The van der Waals surface area contributed by atoms with Crippen molar-refractivity contribution in [2.45, 2.75) is 50.9 Å². The molecule has 1 rings (SSSR count). The summed E-state index contributed by atoms with van der Waals surface area (Å²) in [4.78, 5) is 0. The number of rotatable bonds is 3. The van der Waals surface area contributed by atoms with E-state index in [-0.39, 0.29) is 5.60 Å². The highest BCUT2D eigenvalue weighted by atomic mass is 16.6. The summed E-state index contributed by atoms with van der Waals surface area (Å²) in [5, 5.41) is 9.24. The first-order valence-corrected chi connectivity index (χ1v) is 4.65. The number of aliphatic hydroxyl groups is 1. The first-order chi connectivity index (χ1) is 5.66. The number of ether oxygens (including phenoxy) is 1. The lowest BCUT2D eigenvalue weighted by Crippen LogP contribution is -2.34. The van der Waals surface area contributed by atoms with Crippen molar-refractivity contribution in [2.24, 2.45) is 0 Å². The fourth-order valence-electron chi connectivity index (χ4n) is 1.76. The predicted octanol–water partition coefficient (Wildman–Crippen LogP) is 2.23. The van der Waals surface area contributed by atoms with Gasteiger partial charge in [-0.15, -0.1) is 0 Å². The summed E-state index contributed by atoms with van der Waals surface area (Å²) in [5.74, 6) is 0. The molecule has 0 aromatic carbocycles. The van der Waals surface area contributed by atoms with Gasteiger partial charge in [0, 0.05) is 0 Å². The van der Waals surface area contributed by atoms with Crippen molar-refractivity contribution in [3.05, 3.63) is 12.7 Å². The van der Waals surface area contributed by atoms with E-state index in [4.69, 9.17) is 4.74 Å². The largest absolute Gasteiger partial charge is 0.365 e. The van der Waals surface area contributed by atoms with Gasteiger partial charge in [-0.2, -0.15) is 0 Å². The van der Waals surface area contributed by atoms with Crippen LogP contribution in [0.15, 0.2) is 12.7 Å². The quantitative estimate of drug-likeness (QED) is 0.520. The van der Waals surface area contributed by atoms with Crippen LogP contribution in [0.2, 0.25) is 0 Å². The molecule has 0 spiro atoms. The van der Waals surface area contributed by atoms with Crippen LogP contribution in [0.3, 0.4) is 0 Å². The average molecular weight is 170 g/mol. The van der Waals surface area contributed by atoms with Crippen LogP contribution in [0.25, 0.3) is 0 Å². The summed E-state index contributed by atoms with van der Waals surface area (Å²) in [6.07, 6.45) is 6.45. The molecule has 1 N–H and O–H groups in total. The highest BCUT2D eigenvalue weighted by Crippen LogP contribution is 2.31. The second-order valence-electron chi connectivity index (χ2n) is 3.75. The lowest BCUT2D eigenvalue weighted by molar-refractivity contribution is -0.165. The Labute approximate surface area is 74.2 Å². The molecule has 0 amide bonds. The minimum absolute atomic E-state index is 0.119. The molecule has 0 aromatic heterocycles. The van der Waals surface area contributed by atoms with Crippen LogP contribution in [0.4, 0.5) is 0 Å². The van der Waals surface area contributed by atoms with Crippen LogP contribution in [0.5, 0.6) is 0 Å². The summed E-state index contributed by atoms with van der Waals surface area (Å²) < 4.78 is 5.47. The maximum atomic E-state index is 9.24. The monoisotopic (exact) mass is 170 g/mol. The maximum absolute atomic E-state index is 9.24. The van der Waals surface area contributed by atoms with E-state index < -0.39 is 6.29 Å². The molecule has 1 saturated carbocycles. The third-order valence-electron chi connectivity index (χ3n) is 2.52. The molecule has 0 bridgehead atoms. The van der Waals surface area contributed by atoms with Crippen LogP contribution in [-0.2, 0) is 4.74 Å². The summed E-state index contributed by atoms with van der Waals surface area (Å²) >= 11 is 0. The molecule has 1 aliphatic carbocycles. The molecule has 2 heteroatoms. The molecule has 1 aliphatic rings. The van der Waals surface area contributed by atoms with E-state index in [2.05, 4.69) is 13.5 Å². The van der Waals surface area contributed by atoms with Gasteiger partial charge in [0.1, 0.15) is 0 Å². The van der Waals surface area contributed by atoms with Gasteiger partial charge in [-0.1, -0.05) is 25.8 Å². The van der Waals surface area contributed by atoms with E-state index in [9.17, 15) is 5.11 Å². The summed E-state index contributed by atoms with van der Waals surface area (Å²) in [6, 6.07) is 0. The van der Waals surface area contributed by atoms with Crippen LogP contribution >= 0.6 is 0 Å². The molecule has 0 aromatic rings. The van der Waals surface area contributed by atoms with Crippen molar-refractivity contribution in [2.75, 3.05) is 0 Å². The van der Waals surface area contributed by atoms with Gasteiger partial charge in [-0.25, -0.2) is 0 Å².